The van der Waals surface area contributed by atoms with Crippen LogP contribution in [0.5, 0.6) is 0 Å². The Kier molecular flexibility index (Phi) is 5.90. The van der Waals surface area contributed by atoms with Crippen LogP contribution in [0.2, 0.25) is 0 Å². The minimum atomic E-state index is -0.139. The van der Waals surface area contributed by atoms with Gasteiger partial charge in [0, 0.05) is 32.4 Å². The van der Waals surface area contributed by atoms with E-state index in [4.69, 9.17) is 6.57 Å². The van der Waals surface area contributed by atoms with E-state index in [1.54, 1.807) is 0 Å². The van der Waals surface area contributed by atoms with Gasteiger partial charge < -0.3 is 9.13 Å². The second kappa shape index (κ2) is 10.4. The largest absolute Gasteiger partial charge is 0.319 e. The maximum Gasteiger partial charge on any atom is 0.212 e. The molecule has 7 aromatic carbocycles. The molecule has 9 aromatic rings. The first-order valence-corrected chi connectivity index (χ1v) is 18.5. The van der Waals surface area contributed by atoms with E-state index >= 15 is 0 Å². The molecule has 4 heteroatoms. The molecule has 2 aliphatic rings. The highest BCUT2D eigenvalue weighted by atomic mass is 15.0. The second-order valence-electron chi connectivity index (χ2n) is 15.9. The summed E-state index contributed by atoms with van der Waals surface area (Å²) in [6.45, 7) is 17.8. The highest BCUT2D eigenvalue weighted by Crippen LogP contribution is 2.55. The molecule has 0 radical (unpaired) electrons. The molecule has 0 fully saturated rings. The number of hydrogen-bond donors (Lipinski definition) is 0. The summed E-state index contributed by atoms with van der Waals surface area (Å²) in [4.78, 5) is 4.19. The molecule has 2 aliphatic carbocycles. The fraction of sp³-hybridized carbons (Fsp3) is 0.120. The minimum Gasteiger partial charge on any atom is -0.319 e. The maximum absolute atomic E-state index is 11.0. The van der Waals surface area contributed by atoms with Gasteiger partial charge in [-0.2, -0.15) is 5.26 Å². The van der Waals surface area contributed by atoms with Crippen LogP contribution in [-0.4, -0.2) is 9.13 Å². The van der Waals surface area contributed by atoms with Crippen molar-refractivity contribution in [2.75, 3.05) is 0 Å². The second-order valence-corrected chi connectivity index (χ2v) is 15.9. The van der Waals surface area contributed by atoms with Gasteiger partial charge in [-0.1, -0.05) is 125 Å². The normalized spacial score (nSPS) is 14.6. The Morgan fingerprint density at radius 2 is 0.981 bits per heavy atom. The molecule has 0 bridgehead atoms. The van der Waals surface area contributed by atoms with Crippen LogP contribution in [0.15, 0.2) is 133 Å². The van der Waals surface area contributed by atoms with Gasteiger partial charge in [0.05, 0.1) is 45.6 Å². The van der Waals surface area contributed by atoms with Crippen LogP contribution >= 0.6 is 0 Å². The lowest BCUT2D eigenvalue weighted by atomic mass is 9.82. The molecule has 254 valence electrons. The highest BCUT2D eigenvalue weighted by Gasteiger charge is 2.39. The van der Waals surface area contributed by atoms with Crippen molar-refractivity contribution in [1.82, 2.24) is 9.13 Å². The molecule has 0 N–H and O–H groups in total. The van der Waals surface area contributed by atoms with E-state index < -0.39 is 0 Å². The van der Waals surface area contributed by atoms with Crippen LogP contribution in [0.1, 0.15) is 55.5 Å². The first-order valence-electron chi connectivity index (χ1n) is 18.5. The lowest BCUT2D eigenvalue weighted by Gasteiger charge is -2.21. The standard InChI is InChI=1S/C50H34N4/c1-49(2)34-18-10-6-14-30(34)45-36(49)22-24-41-47(45)32-16-8-12-20-39(32)53(41)43-27-38(52-5)44(26-29(43)28-51)54-40-21-13-9-17-33(40)48-42(54)25-23-37-46(48)31-15-7-11-19-35(31)50(37,3)4/h6-27H,1-4H3. The van der Waals surface area contributed by atoms with Crippen LogP contribution in [0, 0.1) is 17.9 Å². The fourth-order valence-electron chi connectivity index (χ4n) is 10.1. The summed E-state index contributed by atoms with van der Waals surface area (Å²) in [5, 5.41) is 15.6. The van der Waals surface area contributed by atoms with Gasteiger partial charge in [-0.3, -0.25) is 0 Å². The number of nitrogens with zero attached hydrogens (tertiary/aromatic N) is 4. The third-order valence-corrected chi connectivity index (χ3v) is 12.6. The number of para-hydroxylation sites is 2. The summed E-state index contributed by atoms with van der Waals surface area (Å²) in [6, 6.07) is 49.8. The van der Waals surface area contributed by atoms with Crippen molar-refractivity contribution in [2.45, 2.75) is 38.5 Å². The molecule has 0 spiro atoms. The van der Waals surface area contributed by atoms with Crippen molar-refractivity contribution in [1.29, 1.82) is 5.26 Å². The number of nitriles is 1. The Bertz CT molecular complexity index is 3020. The third kappa shape index (κ3) is 3.65. The van der Waals surface area contributed by atoms with Crippen molar-refractivity contribution < 1.29 is 0 Å². The lowest BCUT2D eigenvalue weighted by molar-refractivity contribution is 0.660. The summed E-state index contributed by atoms with van der Waals surface area (Å²) in [5.41, 5.74) is 16.5. The van der Waals surface area contributed by atoms with Crippen LogP contribution < -0.4 is 0 Å². The Morgan fingerprint density at radius 3 is 1.48 bits per heavy atom. The molecular formula is C50H34N4. The van der Waals surface area contributed by atoms with Gasteiger partial charge >= 0.3 is 0 Å². The monoisotopic (exact) mass is 690 g/mol. The van der Waals surface area contributed by atoms with Crippen molar-refractivity contribution in [3.8, 4) is 39.7 Å². The summed E-state index contributed by atoms with van der Waals surface area (Å²) in [7, 11) is 0. The molecule has 0 aliphatic heterocycles. The molecule has 0 atom stereocenters. The SMILES string of the molecule is [C-]#[N+]c1cc(-n2c3ccccc3c3c4c(ccc32)C(C)(C)c2ccccc2-4)c(C#N)cc1-n1c2ccccc2c2c3c(ccc21)C(C)(C)c1ccccc1-3. The average molecular weight is 691 g/mol. The van der Waals surface area contributed by atoms with Gasteiger partial charge in [0.15, 0.2) is 0 Å². The van der Waals surface area contributed by atoms with Crippen molar-refractivity contribution in [3.05, 3.63) is 173 Å². The predicted molar refractivity (Wildman–Crippen MR) is 221 cm³/mol. The zero-order valence-corrected chi connectivity index (χ0v) is 30.5. The number of fused-ring (bicyclic) bond motifs is 14. The van der Waals surface area contributed by atoms with Gasteiger partial charge in [-0.15, -0.1) is 0 Å². The number of benzene rings is 7. The lowest BCUT2D eigenvalue weighted by Crippen LogP contribution is -2.14. The molecule has 0 unspecified atom stereocenters. The van der Waals surface area contributed by atoms with E-state index in [1.807, 2.05) is 12.1 Å². The topological polar surface area (TPSA) is 38.0 Å². The van der Waals surface area contributed by atoms with E-state index in [1.165, 1.54) is 55.3 Å². The minimum absolute atomic E-state index is 0.138. The zero-order valence-electron chi connectivity index (χ0n) is 30.5. The van der Waals surface area contributed by atoms with Crippen LogP contribution in [0.4, 0.5) is 5.69 Å². The Morgan fingerprint density at radius 1 is 0.519 bits per heavy atom. The Balaban J connectivity index is 1.21. The van der Waals surface area contributed by atoms with Crippen LogP contribution in [0.3, 0.4) is 0 Å². The zero-order chi connectivity index (χ0) is 36.7. The smallest absolute Gasteiger partial charge is 0.212 e. The van der Waals surface area contributed by atoms with Gasteiger partial charge in [0.1, 0.15) is 6.07 Å². The average Bonchev–Trinajstić information content (AvgIpc) is 3.86. The van der Waals surface area contributed by atoms with Crippen molar-refractivity contribution in [2.24, 2.45) is 0 Å². The maximum atomic E-state index is 11.0. The summed E-state index contributed by atoms with van der Waals surface area (Å²) < 4.78 is 4.41. The van der Waals surface area contributed by atoms with Gasteiger partial charge in [0.2, 0.25) is 5.69 Å². The van der Waals surface area contributed by atoms with E-state index in [2.05, 4.69) is 169 Å². The predicted octanol–water partition coefficient (Wildman–Crippen LogP) is 12.9. The molecule has 4 nitrogen and oxygen atoms in total. The summed E-state index contributed by atoms with van der Waals surface area (Å²) >= 11 is 0. The quantitative estimate of drug-likeness (QED) is 0.166. The highest BCUT2D eigenvalue weighted by molar-refractivity contribution is 6.19. The van der Waals surface area contributed by atoms with E-state index in [0.717, 1.165) is 32.8 Å². The Labute approximate surface area is 313 Å². The van der Waals surface area contributed by atoms with Crippen LogP contribution in [-0.2, 0) is 10.8 Å². The molecule has 11 rings (SSSR count). The van der Waals surface area contributed by atoms with Gasteiger partial charge in [-0.05, 0) is 80.9 Å². The molecule has 2 aromatic heterocycles. The van der Waals surface area contributed by atoms with E-state index in [9.17, 15) is 5.26 Å². The first kappa shape index (κ1) is 30.7. The van der Waals surface area contributed by atoms with Gasteiger partial charge in [0.25, 0.3) is 0 Å². The number of rotatable bonds is 2. The van der Waals surface area contributed by atoms with E-state index in [0.29, 0.717) is 22.6 Å². The van der Waals surface area contributed by atoms with Crippen molar-refractivity contribution in [3.63, 3.8) is 0 Å². The first-order chi connectivity index (χ1) is 26.3. The molecule has 2 heterocycles. The molecule has 54 heavy (non-hydrogen) atoms. The van der Waals surface area contributed by atoms with Gasteiger partial charge in [-0.25, -0.2) is 4.85 Å². The van der Waals surface area contributed by atoms with Crippen molar-refractivity contribution >= 4 is 49.3 Å². The fourth-order valence-corrected chi connectivity index (χ4v) is 10.1. The number of aromatic nitrogens is 2. The van der Waals surface area contributed by atoms with Crippen LogP contribution in [0.25, 0.3) is 82.1 Å². The molecule has 0 saturated carbocycles. The molecular weight excluding hydrogens is 657 g/mol. The number of hydrogen-bond acceptors (Lipinski definition) is 1. The Hall–Kier alpha value is -6.88. The van der Waals surface area contributed by atoms with E-state index in [-0.39, 0.29) is 10.8 Å². The molecule has 0 saturated heterocycles. The summed E-state index contributed by atoms with van der Waals surface area (Å²) in [5.74, 6) is 0. The summed E-state index contributed by atoms with van der Waals surface area (Å²) in [6.07, 6.45) is 0. The molecule has 0 amide bonds. The third-order valence-electron chi connectivity index (χ3n) is 12.6.